The van der Waals surface area contributed by atoms with Crippen LogP contribution in [0.2, 0.25) is 20.1 Å². The van der Waals surface area contributed by atoms with E-state index in [9.17, 15) is 18.8 Å². The van der Waals surface area contributed by atoms with Crippen molar-refractivity contribution in [2.24, 2.45) is 0 Å². The zero-order valence-electron chi connectivity index (χ0n) is 21.3. The molecule has 0 bridgehead atoms. The maximum Gasteiger partial charge on any atom is 0.264 e. The van der Waals surface area contributed by atoms with Gasteiger partial charge in [-0.05, 0) is 42.3 Å². The number of amides is 3. The van der Waals surface area contributed by atoms with Crippen LogP contribution in [-0.4, -0.2) is 50.0 Å². The van der Waals surface area contributed by atoms with Crippen LogP contribution in [-0.2, 0) is 4.79 Å². The third kappa shape index (κ3) is 3.98. The molecule has 3 aromatic rings. The van der Waals surface area contributed by atoms with Gasteiger partial charge in [-0.15, -0.1) is 0 Å². The number of carbonyl (C=O) groups is 3. The fourth-order valence-corrected chi connectivity index (χ4v) is 6.07. The lowest BCUT2D eigenvalue weighted by molar-refractivity contribution is -0.130. The minimum Gasteiger partial charge on any atom is -0.493 e. The molecule has 1 fully saturated rings. The molecule has 0 radical (unpaired) electrons. The topological polar surface area (TPSA) is 85.4 Å². The predicted octanol–water partition coefficient (Wildman–Crippen LogP) is 6.53. The third-order valence-electron chi connectivity index (χ3n) is 6.94. The summed E-state index contributed by atoms with van der Waals surface area (Å²) in [7, 11) is 4.27. The van der Waals surface area contributed by atoms with Crippen LogP contribution in [0.1, 0.15) is 37.9 Å². The highest BCUT2D eigenvalue weighted by molar-refractivity contribution is 6.55. The molecule has 0 N–H and O–H groups in total. The largest absolute Gasteiger partial charge is 0.493 e. The van der Waals surface area contributed by atoms with Crippen molar-refractivity contribution < 1.29 is 33.0 Å². The number of fused-ring (bicyclic) bond motifs is 1. The highest BCUT2D eigenvalue weighted by Gasteiger charge is 2.59. The van der Waals surface area contributed by atoms with E-state index in [2.05, 4.69) is 0 Å². The fraction of sp³-hybridized carbons (Fsp3) is 0.222. The second-order valence-corrected chi connectivity index (χ2v) is 10.5. The molecule has 2 aliphatic heterocycles. The Morgan fingerprint density at radius 2 is 1.25 bits per heavy atom. The van der Waals surface area contributed by atoms with Gasteiger partial charge in [-0.1, -0.05) is 52.5 Å². The van der Waals surface area contributed by atoms with Crippen molar-refractivity contribution >= 4 is 69.8 Å². The van der Waals surface area contributed by atoms with E-state index < -0.39 is 35.6 Å². The molecule has 5 rings (SSSR count). The lowest BCUT2D eigenvalue weighted by Crippen LogP contribution is -2.67. The van der Waals surface area contributed by atoms with E-state index in [4.69, 9.17) is 60.6 Å². The minimum absolute atomic E-state index is 0.201. The van der Waals surface area contributed by atoms with Crippen molar-refractivity contribution in [2.75, 3.05) is 26.2 Å². The Bertz CT molecular complexity index is 1560. The fourth-order valence-electron chi connectivity index (χ4n) is 5.06. The van der Waals surface area contributed by atoms with E-state index in [1.165, 1.54) is 44.4 Å². The summed E-state index contributed by atoms with van der Waals surface area (Å²) in [6.45, 7) is 1.70. The molecule has 2 atom stereocenters. The van der Waals surface area contributed by atoms with Gasteiger partial charge in [0.2, 0.25) is 5.75 Å². The molecule has 2 aliphatic rings. The van der Waals surface area contributed by atoms with Crippen LogP contribution in [0.15, 0.2) is 30.3 Å². The smallest absolute Gasteiger partial charge is 0.264 e. The number of ether oxygens (including phenoxy) is 3. The number of hydrogen-bond acceptors (Lipinski definition) is 6. The molecular formula is C27H19Cl4FN2O6. The summed E-state index contributed by atoms with van der Waals surface area (Å²) in [6.07, 6.45) is 0. The molecular weight excluding hydrogens is 609 g/mol. The number of carbonyl (C=O) groups excluding carboxylic acids is 3. The number of imide groups is 1. The average molecular weight is 628 g/mol. The van der Waals surface area contributed by atoms with E-state index in [0.717, 1.165) is 4.90 Å². The van der Waals surface area contributed by atoms with Crippen LogP contribution in [0, 0.1) is 12.7 Å². The van der Waals surface area contributed by atoms with Crippen LogP contribution in [0.3, 0.4) is 0 Å². The Balaban J connectivity index is 1.71. The second kappa shape index (κ2) is 10.3. The van der Waals surface area contributed by atoms with Crippen molar-refractivity contribution in [3.63, 3.8) is 0 Å². The summed E-state index contributed by atoms with van der Waals surface area (Å²) in [6, 6.07) is 4.77. The number of halogens is 5. The first-order valence-electron chi connectivity index (χ1n) is 11.6. The van der Waals surface area contributed by atoms with Crippen LogP contribution < -0.4 is 19.1 Å². The highest BCUT2D eigenvalue weighted by Crippen LogP contribution is 2.51. The van der Waals surface area contributed by atoms with Crippen LogP contribution in [0.5, 0.6) is 17.2 Å². The monoisotopic (exact) mass is 626 g/mol. The summed E-state index contributed by atoms with van der Waals surface area (Å²) in [5, 5.41) is -0.928. The Morgan fingerprint density at radius 3 is 1.73 bits per heavy atom. The number of aryl methyl sites for hydroxylation is 1. The van der Waals surface area contributed by atoms with E-state index in [0.29, 0.717) is 11.1 Å². The summed E-state index contributed by atoms with van der Waals surface area (Å²) in [4.78, 5) is 43.2. The molecule has 0 aromatic heterocycles. The van der Waals surface area contributed by atoms with Crippen LogP contribution in [0.25, 0.3) is 0 Å². The molecule has 0 aliphatic carbocycles. The Kier molecular flexibility index (Phi) is 7.29. The second-order valence-electron chi connectivity index (χ2n) is 8.97. The number of benzene rings is 3. The summed E-state index contributed by atoms with van der Waals surface area (Å²) in [5.41, 5.74) is 0.717. The van der Waals surface area contributed by atoms with Crippen LogP contribution in [0.4, 0.5) is 10.1 Å². The zero-order valence-corrected chi connectivity index (χ0v) is 24.3. The first-order chi connectivity index (χ1) is 19.0. The summed E-state index contributed by atoms with van der Waals surface area (Å²) >= 11 is 24.9. The minimum atomic E-state index is -1.37. The van der Waals surface area contributed by atoms with Gasteiger partial charge in [0.05, 0.1) is 64.3 Å². The number of methoxy groups -OCH3 is 3. The molecule has 0 unspecified atom stereocenters. The van der Waals surface area contributed by atoms with E-state index >= 15 is 0 Å². The lowest BCUT2D eigenvalue weighted by Gasteiger charge is -2.50. The van der Waals surface area contributed by atoms with Crippen molar-refractivity contribution in [3.05, 3.63) is 78.5 Å². The molecule has 3 aromatic carbocycles. The van der Waals surface area contributed by atoms with Crippen LogP contribution >= 0.6 is 46.4 Å². The van der Waals surface area contributed by atoms with Gasteiger partial charge in [0, 0.05) is 0 Å². The standard InChI is InChI=1S/C27H19Cl4FN2O6/c1-10-5-6-12(32)9-13(10)33-22(11-7-14(38-2)24(40-4)15(8-11)39-3)23(27(33)37)34-25(35)16-17(26(34)36)19(29)21(31)20(30)18(16)28/h5-9,22-23H,1-4H3/t22-,23-/m1/s1. The van der Waals surface area contributed by atoms with Crippen molar-refractivity contribution in [2.45, 2.75) is 19.0 Å². The quantitative estimate of drug-likeness (QED) is 0.134. The predicted molar refractivity (Wildman–Crippen MR) is 148 cm³/mol. The van der Waals surface area contributed by atoms with Gasteiger partial charge in [-0.3, -0.25) is 19.3 Å². The first-order valence-corrected chi connectivity index (χ1v) is 13.1. The van der Waals surface area contributed by atoms with E-state index in [-0.39, 0.29) is 54.2 Å². The molecule has 0 saturated carbocycles. The van der Waals surface area contributed by atoms with Crippen molar-refractivity contribution in [1.29, 1.82) is 0 Å². The number of anilines is 1. The zero-order chi connectivity index (χ0) is 29.2. The first kappa shape index (κ1) is 28.3. The number of nitrogens with zero attached hydrogens (tertiary/aromatic N) is 2. The Morgan fingerprint density at radius 1 is 0.725 bits per heavy atom. The number of rotatable bonds is 6. The van der Waals surface area contributed by atoms with E-state index in [1.54, 1.807) is 19.1 Å². The maximum atomic E-state index is 14.4. The van der Waals surface area contributed by atoms with Gasteiger partial charge in [-0.25, -0.2) is 4.39 Å². The number of hydrogen-bond donors (Lipinski definition) is 0. The third-order valence-corrected chi connectivity index (χ3v) is 8.74. The average Bonchev–Trinajstić information content (AvgIpc) is 3.19. The van der Waals surface area contributed by atoms with Crippen molar-refractivity contribution in [3.8, 4) is 17.2 Å². The molecule has 13 heteroatoms. The molecule has 3 amide bonds. The lowest BCUT2D eigenvalue weighted by atomic mass is 9.85. The van der Waals surface area contributed by atoms with Gasteiger partial charge < -0.3 is 19.1 Å². The van der Waals surface area contributed by atoms with Gasteiger partial charge in [0.25, 0.3) is 17.7 Å². The van der Waals surface area contributed by atoms with Gasteiger partial charge in [0.15, 0.2) is 11.5 Å². The highest BCUT2D eigenvalue weighted by atomic mass is 35.5. The SMILES string of the molecule is COc1cc([C@@H]2[C@@H](N3C(=O)c4c(Cl)c(Cl)c(Cl)c(Cl)c4C3=O)C(=O)N2c2cc(F)ccc2C)cc(OC)c1OC. The number of β-lactam (4-membered cyclic amide) rings is 1. The summed E-state index contributed by atoms with van der Waals surface area (Å²) < 4.78 is 30.7. The van der Waals surface area contributed by atoms with E-state index in [1.807, 2.05) is 0 Å². The van der Waals surface area contributed by atoms with Crippen molar-refractivity contribution in [1.82, 2.24) is 4.90 Å². The molecule has 208 valence electrons. The Labute approximate surface area is 248 Å². The van der Waals surface area contributed by atoms with Gasteiger partial charge in [-0.2, -0.15) is 0 Å². The molecule has 40 heavy (non-hydrogen) atoms. The normalized spacial score (nSPS) is 18.2. The molecule has 8 nitrogen and oxygen atoms in total. The Hall–Kier alpha value is -3.24. The van der Waals surface area contributed by atoms with Gasteiger partial charge >= 0.3 is 0 Å². The summed E-state index contributed by atoms with van der Waals surface area (Å²) in [5.74, 6) is -2.17. The molecule has 0 spiro atoms. The molecule has 1 saturated heterocycles. The molecule has 2 heterocycles. The maximum absolute atomic E-state index is 14.4. The van der Waals surface area contributed by atoms with Gasteiger partial charge in [0.1, 0.15) is 11.9 Å².